The van der Waals surface area contributed by atoms with Crippen molar-refractivity contribution < 1.29 is 22.7 Å². The van der Waals surface area contributed by atoms with Crippen LogP contribution in [0.4, 0.5) is 18.9 Å². The number of alkyl halides is 3. The Balaban J connectivity index is 2.15. The zero-order chi connectivity index (χ0) is 18.0. The van der Waals surface area contributed by atoms with Crippen molar-refractivity contribution in [3.05, 3.63) is 65.9 Å². The summed E-state index contributed by atoms with van der Waals surface area (Å²) in [5.74, 6) is -0.828. The lowest BCUT2D eigenvalue weighted by atomic mass is 10.0. The minimum Gasteiger partial charge on any atom is -0.496 e. The highest BCUT2D eigenvalue weighted by Crippen LogP contribution is 2.43. The van der Waals surface area contributed by atoms with E-state index in [1.807, 2.05) is 0 Å². The van der Waals surface area contributed by atoms with E-state index >= 15 is 0 Å². The van der Waals surface area contributed by atoms with E-state index in [9.17, 15) is 18.0 Å². The number of ether oxygens (including phenoxy) is 1. The van der Waals surface area contributed by atoms with Crippen LogP contribution in [0, 0.1) is 0 Å². The predicted molar refractivity (Wildman–Crippen MR) is 87.7 cm³/mol. The van der Waals surface area contributed by atoms with Gasteiger partial charge in [0.15, 0.2) is 0 Å². The van der Waals surface area contributed by atoms with Crippen LogP contribution in [0.5, 0.6) is 5.75 Å². The third kappa shape index (κ3) is 3.26. The van der Waals surface area contributed by atoms with Crippen molar-refractivity contribution in [1.82, 2.24) is 4.98 Å². The van der Waals surface area contributed by atoms with Gasteiger partial charge in [-0.25, -0.2) is 0 Å². The van der Waals surface area contributed by atoms with Gasteiger partial charge in [0, 0.05) is 23.2 Å². The molecule has 0 aliphatic rings. The van der Waals surface area contributed by atoms with E-state index in [2.05, 4.69) is 10.3 Å². The number of hydrogen-bond acceptors (Lipinski definition) is 3. The number of rotatable bonds is 3. The van der Waals surface area contributed by atoms with Gasteiger partial charge in [-0.1, -0.05) is 24.3 Å². The summed E-state index contributed by atoms with van der Waals surface area (Å²) in [4.78, 5) is 16.3. The van der Waals surface area contributed by atoms with Crippen LogP contribution in [0.1, 0.15) is 15.9 Å². The van der Waals surface area contributed by atoms with Crippen LogP contribution in [-0.4, -0.2) is 18.0 Å². The number of amides is 1. The Hall–Kier alpha value is -3.09. The van der Waals surface area contributed by atoms with Gasteiger partial charge >= 0.3 is 6.18 Å². The second-order valence-corrected chi connectivity index (χ2v) is 5.22. The SMILES string of the molecule is COc1cc(NC(=O)c2ccccc2)c2ncccc2c1C(F)(F)F. The summed E-state index contributed by atoms with van der Waals surface area (Å²) in [5.41, 5.74) is -0.351. The largest absolute Gasteiger partial charge is 0.496 e. The van der Waals surface area contributed by atoms with Gasteiger partial charge in [0.05, 0.1) is 18.3 Å². The summed E-state index contributed by atoms with van der Waals surface area (Å²) < 4.78 is 45.2. The molecule has 0 atom stereocenters. The lowest BCUT2D eigenvalue weighted by Gasteiger charge is -2.17. The summed E-state index contributed by atoms with van der Waals surface area (Å²) in [5, 5.41) is 2.46. The van der Waals surface area contributed by atoms with E-state index in [0.717, 1.165) is 13.2 Å². The topological polar surface area (TPSA) is 51.2 Å². The van der Waals surface area contributed by atoms with Crippen LogP contribution in [-0.2, 0) is 6.18 Å². The average Bonchev–Trinajstić information content (AvgIpc) is 2.61. The molecule has 0 spiro atoms. The third-order valence-corrected chi connectivity index (χ3v) is 3.64. The van der Waals surface area contributed by atoms with Crippen molar-refractivity contribution in [3.8, 4) is 5.75 Å². The second kappa shape index (κ2) is 6.43. The zero-order valence-electron chi connectivity index (χ0n) is 13.1. The Labute approximate surface area is 141 Å². The number of carbonyl (C=O) groups is 1. The number of carbonyl (C=O) groups excluding carboxylic acids is 1. The Kier molecular flexibility index (Phi) is 4.31. The number of aromatic nitrogens is 1. The monoisotopic (exact) mass is 346 g/mol. The Bertz CT molecular complexity index is 925. The predicted octanol–water partition coefficient (Wildman–Crippen LogP) is 4.51. The molecule has 0 aliphatic heterocycles. The average molecular weight is 346 g/mol. The van der Waals surface area contributed by atoms with Gasteiger partial charge in [-0.2, -0.15) is 13.2 Å². The van der Waals surface area contributed by atoms with Gasteiger partial charge in [0.1, 0.15) is 11.3 Å². The van der Waals surface area contributed by atoms with Crippen LogP contribution in [0.15, 0.2) is 54.7 Å². The molecule has 1 heterocycles. The fourth-order valence-electron chi connectivity index (χ4n) is 2.56. The van der Waals surface area contributed by atoms with E-state index in [-0.39, 0.29) is 22.3 Å². The molecule has 1 N–H and O–H groups in total. The summed E-state index contributed by atoms with van der Waals surface area (Å²) >= 11 is 0. The van der Waals surface area contributed by atoms with Crippen molar-refractivity contribution >= 4 is 22.5 Å². The minimum absolute atomic E-state index is 0.0416. The highest BCUT2D eigenvalue weighted by molar-refractivity contribution is 6.09. The first-order valence-corrected chi connectivity index (χ1v) is 7.31. The molecule has 0 saturated heterocycles. The number of halogens is 3. The van der Waals surface area contributed by atoms with Crippen LogP contribution in [0.3, 0.4) is 0 Å². The Morgan fingerprint density at radius 3 is 2.48 bits per heavy atom. The molecule has 0 bridgehead atoms. The molecule has 2 aromatic carbocycles. The van der Waals surface area contributed by atoms with Crippen LogP contribution < -0.4 is 10.1 Å². The smallest absolute Gasteiger partial charge is 0.420 e. The Morgan fingerprint density at radius 2 is 1.84 bits per heavy atom. The minimum atomic E-state index is -4.62. The zero-order valence-corrected chi connectivity index (χ0v) is 13.1. The molecule has 7 heteroatoms. The number of nitrogens with one attached hydrogen (secondary N) is 1. The summed E-state index contributed by atoms with van der Waals surface area (Å²) in [6, 6.07) is 12.2. The van der Waals surface area contributed by atoms with Crippen molar-refractivity contribution in [1.29, 1.82) is 0 Å². The lowest BCUT2D eigenvalue weighted by Crippen LogP contribution is -2.14. The van der Waals surface area contributed by atoms with E-state index in [1.165, 1.54) is 18.3 Å². The number of hydrogen-bond donors (Lipinski definition) is 1. The molecule has 4 nitrogen and oxygen atoms in total. The first-order valence-electron chi connectivity index (χ1n) is 7.31. The van der Waals surface area contributed by atoms with E-state index in [0.29, 0.717) is 5.56 Å². The molecule has 3 rings (SSSR count). The molecule has 128 valence electrons. The third-order valence-electron chi connectivity index (χ3n) is 3.64. The van der Waals surface area contributed by atoms with Gasteiger partial charge in [-0.3, -0.25) is 9.78 Å². The molecule has 0 fully saturated rings. The van der Waals surface area contributed by atoms with Gasteiger partial charge in [-0.05, 0) is 18.2 Å². The summed E-state index contributed by atoms with van der Waals surface area (Å²) in [6.45, 7) is 0. The first-order chi connectivity index (χ1) is 11.9. The standard InChI is InChI=1S/C18H13F3N2O2/c1-25-14-10-13(23-17(24)11-6-3-2-4-7-11)16-12(8-5-9-22-16)15(14)18(19,20)21/h2-10H,1H3,(H,23,24). The molecule has 0 saturated carbocycles. The maximum Gasteiger partial charge on any atom is 0.420 e. The van der Waals surface area contributed by atoms with Crippen LogP contribution in [0.2, 0.25) is 0 Å². The molecular weight excluding hydrogens is 333 g/mol. The molecular formula is C18H13F3N2O2. The molecule has 0 unspecified atom stereocenters. The number of pyridine rings is 1. The van der Waals surface area contributed by atoms with Gasteiger partial charge in [-0.15, -0.1) is 0 Å². The number of fused-ring (bicyclic) bond motifs is 1. The maximum atomic E-state index is 13.4. The van der Waals surface area contributed by atoms with Gasteiger partial charge < -0.3 is 10.1 Å². The number of anilines is 1. The normalized spacial score (nSPS) is 11.4. The highest BCUT2D eigenvalue weighted by atomic mass is 19.4. The van der Waals surface area contributed by atoms with Crippen molar-refractivity contribution in [3.63, 3.8) is 0 Å². The summed E-state index contributed by atoms with van der Waals surface area (Å²) in [7, 11) is 1.15. The fraction of sp³-hybridized carbons (Fsp3) is 0.111. The molecule has 1 amide bonds. The number of nitrogens with zero attached hydrogens (tertiary/aromatic N) is 1. The molecule has 0 radical (unpaired) electrons. The van der Waals surface area contributed by atoms with Crippen molar-refractivity contribution in [2.45, 2.75) is 6.18 Å². The molecule has 0 aliphatic carbocycles. The van der Waals surface area contributed by atoms with Gasteiger partial charge in [0.25, 0.3) is 5.91 Å². The maximum absolute atomic E-state index is 13.4. The highest BCUT2D eigenvalue weighted by Gasteiger charge is 2.37. The number of methoxy groups -OCH3 is 1. The van der Waals surface area contributed by atoms with Crippen molar-refractivity contribution in [2.75, 3.05) is 12.4 Å². The van der Waals surface area contributed by atoms with E-state index in [4.69, 9.17) is 4.74 Å². The first kappa shape index (κ1) is 16.8. The molecule has 3 aromatic rings. The van der Waals surface area contributed by atoms with E-state index < -0.39 is 17.6 Å². The summed E-state index contributed by atoms with van der Waals surface area (Å²) in [6.07, 6.45) is -3.25. The lowest BCUT2D eigenvalue weighted by molar-refractivity contribution is -0.137. The van der Waals surface area contributed by atoms with Crippen LogP contribution >= 0.6 is 0 Å². The molecule has 25 heavy (non-hydrogen) atoms. The molecule has 1 aromatic heterocycles. The fourth-order valence-corrected chi connectivity index (χ4v) is 2.56. The quantitative estimate of drug-likeness (QED) is 0.759. The number of benzene rings is 2. The van der Waals surface area contributed by atoms with E-state index in [1.54, 1.807) is 30.3 Å². The van der Waals surface area contributed by atoms with Gasteiger partial charge in [0.2, 0.25) is 0 Å². The Morgan fingerprint density at radius 1 is 1.12 bits per heavy atom. The van der Waals surface area contributed by atoms with Crippen molar-refractivity contribution in [2.24, 2.45) is 0 Å². The second-order valence-electron chi connectivity index (χ2n) is 5.22. The van der Waals surface area contributed by atoms with Crippen LogP contribution in [0.25, 0.3) is 10.9 Å².